The Balaban J connectivity index is 1.87. The van der Waals surface area contributed by atoms with E-state index in [-0.39, 0.29) is 6.04 Å². The Kier molecular flexibility index (Phi) is 3.93. The predicted molar refractivity (Wildman–Crippen MR) is 66.1 cm³/mol. The number of hydrogen-bond acceptors (Lipinski definition) is 5. The number of hydrogen-bond donors (Lipinski definition) is 0. The summed E-state index contributed by atoms with van der Waals surface area (Å²) in [4.78, 5) is 6.48. The van der Waals surface area contributed by atoms with Crippen molar-refractivity contribution in [3.63, 3.8) is 0 Å². The minimum atomic E-state index is -0.772. The van der Waals surface area contributed by atoms with Crippen LogP contribution in [0.5, 0.6) is 0 Å². The number of nitrogens with zero attached hydrogens (tertiary/aromatic N) is 3. The maximum atomic E-state index is 11.1. The van der Waals surface area contributed by atoms with Crippen LogP contribution in [0.25, 0.3) is 0 Å². The van der Waals surface area contributed by atoms with Gasteiger partial charge >= 0.3 is 0 Å². The standard InChI is InChI=1S/C11H19N3O2S/c1-8(7-17(3)15)14(2)6-10-12-11(16-13-10)9-4-5-9/h8-9H,4-7H2,1-3H3/t8-,17+/m0/s1. The highest BCUT2D eigenvalue weighted by Crippen LogP contribution is 2.38. The van der Waals surface area contributed by atoms with Crippen LogP contribution in [0.15, 0.2) is 4.52 Å². The molecule has 6 heteroatoms. The first-order valence-corrected chi connectivity index (χ1v) is 7.61. The molecule has 1 aromatic rings. The molecule has 0 unspecified atom stereocenters. The largest absolute Gasteiger partial charge is 0.339 e. The Bertz CT molecular complexity index is 403. The zero-order valence-electron chi connectivity index (χ0n) is 10.5. The minimum Gasteiger partial charge on any atom is -0.339 e. The van der Waals surface area contributed by atoms with Crippen LogP contribution in [-0.4, -0.2) is 44.3 Å². The molecule has 1 fully saturated rings. The summed E-state index contributed by atoms with van der Waals surface area (Å²) in [6.07, 6.45) is 4.06. The Morgan fingerprint density at radius 1 is 1.59 bits per heavy atom. The minimum absolute atomic E-state index is 0.253. The van der Waals surface area contributed by atoms with Crippen molar-refractivity contribution in [1.29, 1.82) is 0 Å². The first-order valence-electron chi connectivity index (χ1n) is 5.89. The molecule has 0 bridgehead atoms. The summed E-state index contributed by atoms with van der Waals surface area (Å²) < 4.78 is 16.3. The van der Waals surface area contributed by atoms with Gasteiger partial charge in [-0.3, -0.25) is 9.11 Å². The number of rotatable bonds is 6. The van der Waals surface area contributed by atoms with Crippen LogP contribution in [0.1, 0.15) is 37.4 Å². The SMILES string of the molecule is C[C@@H](C[S@@](C)=O)N(C)Cc1noc(C2CC2)n1. The quantitative estimate of drug-likeness (QED) is 0.765. The average molecular weight is 257 g/mol. The summed E-state index contributed by atoms with van der Waals surface area (Å²) in [6, 6.07) is 0.253. The second-order valence-electron chi connectivity index (χ2n) is 4.83. The molecule has 17 heavy (non-hydrogen) atoms. The molecule has 1 heterocycles. The fourth-order valence-electron chi connectivity index (χ4n) is 1.67. The normalized spacial score (nSPS) is 19.5. The van der Waals surface area contributed by atoms with Gasteiger partial charge in [-0.15, -0.1) is 0 Å². The highest BCUT2D eigenvalue weighted by molar-refractivity contribution is 7.84. The smallest absolute Gasteiger partial charge is 0.229 e. The van der Waals surface area contributed by atoms with E-state index in [1.807, 2.05) is 7.05 Å². The Morgan fingerprint density at radius 2 is 2.29 bits per heavy atom. The molecular weight excluding hydrogens is 238 g/mol. The molecule has 1 aliphatic rings. The molecule has 5 nitrogen and oxygen atoms in total. The lowest BCUT2D eigenvalue weighted by molar-refractivity contribution is 0.256. The van der Waals surface area contributed by atoms with Crippen LogP contribution in [0.4, 0.5) is 0 Å². The maximum Gasteiger partial charge on any atom is 0.229 e. The Morgan fingerprint density at radius 3 is 2.88 bits per heavy atom. The van der Waals surface area contributed by atoms with Crippen LogP contribution in [0, 0.1) is 0 Å². The monoisotopic (exact) mass is 257 g/mol. The van der Waals surface area contributed by atoms with Crippen molar-refractivity contribution in [1.82, 2.24) is 15.0 Å². The summed E-state index contributed by atoms with van der Waals surface area (Å²) in [5.41, 5.74) is 0. The average Bonchev–Trinajstić information content (AvgIpc) is 2.99. The van der Waals surface area contributed by atoms with E-state index in [0.29, 0.717) is 18.2 Å². The van der Waals surface area contributed by atoms with Crippen LogP contribution in [0.3, 0.4) is 0 Å². The van der Waals surface area contributed by atoms with Gasteiger partial charge in [0.05, 0.1) is 6.54 Å². The van der Waals surface area contributed by atoms with E-state index in [1.165, 1.54) is 12.8 Å². The van der Waals surface area contributed by atoms with Gasteiger partial charge in [0.1, 0.15) is 0 Å². The van der Waals surface area contributed by atoms with E-state index in [1.54, 1.807) is 6.26 Å². The van der Waals surface area contributed by atoms with Crippen molar-refractivity contribution in [2.75, 3.05) is 19.1 Å². The third-order valence-electron chi connectivity index (χ3n) is 3.03. The number of aromatic nitrogens is 2. The van der Waals surface area contributed by atoms with Crippen molar-refractivity contribution in [2.45, 2.75) is 38.3 Å². The van der Waals surface area contributed by atoms with E-state index >= 15 is 0 Å². The molecule has 1 aromatic heterocycles. The molecule has 0 radical (unpaired) electrons. The van der Waals surface area contributed by atoms with E-state index in [9.17, 15) is 4.21 Å². The lowest BCUT2D eigenvalue weighted by Gasteiger charge is -2.21. The van der Waals surface area contributed by atoms with Crippen LogP contribution in [0.2, 0.25) is 0 Å². The zero-order chi connectivity index (χ0) is 12.4. The summed E-state index contributed by atoms with van der Waals surface area (Å²) in [6.45, 7) is 2.71. The van der Waals surface area contributed by atoms with Crippen molar-refractivity contribution >= 4 is 10.8 Å². The van der Waals surface area contributed by atoms with Gasteiger partial charge in [-0.1, -0.05) is 5.16 Å². The van der Waals surface area contributed by atoms with Gasteiger partial charge in [0.25, 0.3) is 0 Å². The van der Waals surface area contributed by atoms with Crippen molar-refractivity contribution in [3.8, 4) is 0 Å². The van der Waals surface area contributed by atoms with E-state index in [4.69, 9.17) is 4.52 Å². The lowest BCUT2D eigenvalue weighted by Crippen LogP contribution is -2.33. The second-order valence-corrected chi connectivity index (χ2v) is 6.31. The van der Waals surface area contributed by atoms with Gasteiger partial charge in [-0.05, 0) is 26.8 Å². The van der Waals surface area contributed by atoms with Gasteiger partial charge < -0.3 is 4.52 Å². The van der Waals surface area contributed by atoms with Gasteiger partial charge in [-0.2, -0.15) is 4.98 Å². The molecule has 2 rings (SSSR count). The topological polar surface area (TPSA) is 59.2 Å². The van der Waals surface area contributed by atoms with Gasteiger partial charge in [0, 0.05) is 34.8 Å². The second kappa shape index (κ2) is 5.27. The predicted octanol–water partition coefficient (Wildman–Crippen LogP) is 1.15. The summed E-state index contributed by atoms with van der Waals surface area (Å²) in [5.74, 6) is 2.68. The lowest BCUT2D eigenvalue weighted by atomic mass is 10.3. The molecule has 0 saturated heterocycles. The maximum absolute atomic E-state index is 11.1. The molecule has 2 atom stereocenters. The van der Waals surface area contributed by atoms with E-state index in [0.717, 1.165) is 11.7 Å². The van der Waals surface area contributed by atoms with Crippen LogP contribution in [-0.2, 0) is 17.3 Å². The molecule has 0 spiro atoms. The van der Waals surface area contributed by atoms with E-state index < -0.39 is 10.8 Å². The summed E-state index contributed by atoms with van der Waals surface area (Å²) in [5, 5.41) is 3.98. The molecule has 1 aliphatic carbocycles. The first-order chi connectivity index (χ1) is 8.06. The van der Waals surface area contributed by atoms with Gasteiger partial charge in [0.15, 0.2) is 5.82 Å². The first kappa shape index (κ1) is 12.7. The Hall–Kier alpha value is -0.750. The molecule has 0 aliphatic heterocycles. The van der Waals surface area contributed by atoms with Crippen LogP contribution < -0.4 is 0 Å². The van der Waals surface area contributed by atoms with E-state index in [2.05, 4.69) is 22.0 Å². The van der Waals surface area contributed by atoms with Crippen LogP contribution >= 0.6 is 0 Å². The molecule has 1 saturated carbocycles. The fourth-order valence-corrected chi connectivity index (χ4v) is 2.61. The fraction of sp³-hybridized carbons (Fsp3) is 0.818. The summed E-state index contributed by atoms with van der Waals surface area (Å²) in [7, 11) is 1.22. The van der Waals surface area contributed by atoms with Crippen molar-refractivity contribution < 1.29 is 8.73 Å². The van der Waals surface area contributed by atoms with Gasteiger partial charge in [-0.25, -0.2) is 0 Å². The third kappa shape index (κ3) is 3.61. The van der Waals surface area contributed by atoms with Crippen molar-refractivity contribution in [2.24, 2.45) is 0 Å². The van der Waals surface area contributed by atoms with Gasteiger partial charge in [0.2, 0.25) is 5.89 Å². The molecule has 0 N–H and O–H groups in total. The Labute approximate surface area is 104 Å². The zero-order valence-corrected chi connectivity index (χ0v) is 11.4. The molecule has 0 aromatic carbocycles. The highest BCUT2D eigenvalue weighted by atomic mass is 32.2. The summed E-state index contributed by atoms with van der Waals surface area (Å²) >= 11 is 0. The molecule has 96 valence electrons. The highest BCUT2D eigenvalue weighted by Gasteiger charge is 2.29. The molecule has 0 amide bonds. The molecular formula is C11H19N3O2S. The third-order valence-corrected chi connectivity index (χ3v) is 3.98. The van der Waals surface area contributed by atoms with Crippen molar-refractivity contribution in [3.05, 3.63) is 11.7 Å².